The van der Waals surface area contributed by atoms with Crippen molar-refractivity contribution in [1.29, 1.82) is 0 Å². The van der Waals surface area contributed by atoms with Crippen LogP contribution in [-0.4, -0.2) is 38.6 Å². The fraction of sp³-hybridized carbons (Fsp3) is 0.120. The van der Waals surface area contributed by atoms with Gasteiger partial charge in [0.25, 0.3) is 0 Å². The first-order valence-corrected chi connectivity index (χ1v) is 12.6. The lowest BCUT2D eigenvalue weighted by atomic mass is 10.2. The predicted octanol–water partition coefficient (Wildman–Crippen LogP) is 4.98. The number of amides is 1. The predicted molar refractivity (Wildman–Crippen MR) is 141 cm³/mol. The second-order valence-electron chi connectivity index (χ2n) is 7.81. The molecule has 0 unspecified atom stereocenters. The van der Waals surface area contributed by atoms with Crippen molar-refractivity contribution in [3.63, 3.8) is 0 Å². The number of aryl methyl sites for hydroxylation is 1. The second-order valence-corrected chi connectivity index (χ2v) is 9.79. The Labute approximate surface area is 210 Å². The van der Waals surface area contributed by atoms with E-state index in [4.69, 9.17) is 15.6 Å². The fourth-order valence-corrected chi connectivity index (χ4v) is 5.24. The van der Waals surface area contributed by atoms with Crippen molar-refractivity contribution in [2.45, 2.75) is 12.1 Å². The molecular formula is C25H22N6O2S2. The molecule has 0 atom stereocenters. The van der Waals surface area contributed by atoms with E-state index in [-0.39, 0.29) is 11.7 Å². The topological polar surface area (TPSA) is 108 Å². The van der Waals surface area contributed by atoms with Gasteiger partial charge < -0.3 is 15.9 Å². The minimum absolute atomic E-state index is 0.145. The molecule has 2 heterocycles. The van der Waals surface area contributed by atoms with Gasteiger partial charge in [-0.1, -0.05) is 30.0 Å². The summed E-state index contributed by atoms with van der Waals surface area (Å²) in [5, 5.41) is 12.6. The minimum atomic E-state index is -0.163. The third-order valence-electron chi connectivity index (χ3n) is 5.28. The summed E-state index contributed by atoms with van der Waals surface area (Å²) in [7, 11) is 1.60. The Balaban J connectivity index is 1.21. The number of hydrogen-bond acceptors (Lipinski definition) is 8. The molecule has 0 aliphatic rings. The fourth-order valence-electron chi connectivity index (χ4n) is 3.51. The number of fused-ring (bicyclic) bond motifs is 1. The molecule has 8 nitrogen and oxygen atoms in total. The summed E-state index contributed by atoms with van der Waals surface area (Å²) in [4.78, 5) is 17.2. The number of nitrogen functional groups attached to an aromatic ring is 1. The summed E-state index contributed by atoms with van der Waals surface area (Å²) in [5.74, 6) is 7.34. The Hall–Kier alpha value is -3.89. The Morgan fingerprint density at radius 2 is 1.91 bits per heavy atom. The Bertz CT molecular complexity index is 1510. The number of ether oxygens (including phenoxy) is 1. The third-order valence-corrected chi connectivity index (χ3v) is 7.29. The van der Waals surface area contributed by atoms with Crippen LogP contribution in [0.3, 0.4) is 0 Å². The molecule has 35 heavy (non-hydrogen) atoms. The zero-order valence-electron chi connectivity index (χ0n) is 19.1. The number of nitrogens with one attached hydrogen (secondary N) is 1. The Morgan fingerprint density at radius 1 is 1.09 bits per heavy atom. The normalized spacial score (nSPS) is 11.0. The van der Waals surface area contributed by atoms with Crippen molar-refractivity contribution in [3.8, 4) is 27.7 Å². The highest BCUT2D eigenvalue weighted by Crippen LogP contribution is 2.31. The van der Waals surface area contributed by atoms with E-state index >= 15 is 0 Å². The van der Waals surface area contributed by atoms with Crippen LogP contribution in [0, 0.1) is 6.92 Å². The first kappa shape index (κ1) is 22.9. The number of aromatic nitrogens is 4. The Kier molecular flexibility index (Phi) is 6.39. The molecule has 1 amide bonds. The van der Waals surface area contributed by atoms with E-state index in [1.165, 1.54) is 22.0 Å². The van der Waals surface area contributed by atoms with E-state index in [9.17, 15) is 4.79 Å². The number of methoxy groups -OCH3 is 1. The van der Waals surface area contributed by atoms with Crippen LogP contribution < -0.4 is 15.9 Å². The molecule has 0 spiro atoms. The lowest BCUT2D eigenvalue weighted by Crippen LogP contribution is -2.16. The molecule has 5 aromatic rings. The van der Waals surface area contributed by atoms with Crippen molar-refractivity contribution < 1.29 is 9.53 Å². The molecule has 2 aromatic heterocycles. The summed E-state index contributed by atoms with van der Waals surface area (Å²) >= 11 is 2.87. The number of nitrogens with two attached hydrogens (primary N) is 1. The van der Waals surface area contributed by atoms with Crippen LogP contribution in [0.15, 0.2) is 71.9 Å². The van der Waals surface area contributed by atoms with Gasteiger partial charge in [0.2, 0.25) is 11.1 Å². The molecule has 0 saturated carbocycles. The molecule has 176 valence electrons. The van der Waals surface area contributed by atoms with Crippen molar-refractivity contribution in [3.05, 3.63) is 72.3 Å². The number of carbonyl (C=O) groups excluding carboxylic acids is 1. The molecule has 0 radical (unpaired) electrons. The van der Waals surface area contributed by atoms with Crippen LogP contribution >= 0.6 is 23.1 Å². The molecule has 0 aliphatic carbocycles. The van der Waals surface area contributed by atoms with E-state index in [2.05, 4.69) is 34.6 Å². The highest BCUT2D eigenvalue weighted by Gasteiger charge is 2.15. The smallest absolute Gasteiger partial charge is 0.234 e. The van der Waals surface area contributed by atoms with Gasteiger partial charge in [-0.25, -0.2) is 9.66 Å². The van der Waals surface area contributed by atoms with Gasteiger partial charge in [0.15, 0.2) is 5.82 Å². The highest BCUT2D eigenvalue weighted by atomic mass is 32.2. The molecule has 5 rings (SSSR count). The number of benzene rings is 3. The van der Waals surface area contributed by atoms with Crippen LogP contribution in [0.4, 0.5) is 5.69 Å². The molecule has 0 aliphatic heterocycles. The average molecular weight is 503 g/mol. The number of thiazole rings is 1. The number of anilines is 1. The quantitative estimate of drug-likeness (QED) is 0.239. The van der Waals surface area contributed by atoms with Crippen molar-refractivity contribution >= 4 is 44.9 Å². The van der Waals surface area contributed by atoms with E-state index in [0.717, 1.165) is 26.4 Å². The van der Waals surface area contributed by atoms with Crippen LogP contribution in [-0.2, 0) is 4.79 Å². The molecule has 10 heteroatoms. The van der Waals surface area contributed by atoms with Crippen LogP contribution in [0.25, 0.3) is 32.2 Å². The van der Waals surface area contributed by atoms with E-state index in [0.29, 0.717) is 22.4 Å². The number of thioether (sulfide) groups is 1. The van der Waals surface area contributed by atoms with Gasteiger partial charge >= 0.3 is 0 Å². The zero-order valence-corrected chi connectivity index (χ0v) is 20.7. The van der Waals surface area contributed by atoms with Crippen molar-refractivity contribution in [1.82, 2.24) is 19.9 Å². The van der Waals surface area contributed by atoms with Crippen LogP contribution in [0.1, 0.15) is 5.56 Å². The molecule has 0 fully saturated rings. The minimum Gasteiger partial charge on any atom is -0.497 e. The summed E-state index contributed by atoms with van der Waals surface area (Å²) < 4.78 is 7.79. The highest BCUT2D eigenvalue weighted by molar-refractivity contribution is 7.99. The molecule has 3 aromatic carbocycles. The maximum atomic E-state index is 12.5. The second kappa shape index (κ2) is 9.77. The first-order valence-electron chi connectivity index (χ1n) is 10.8. The monoisotopic (exact) mass is 502 g/mol. The van der Waals surface area contributed by atoms with Gasteiger partial charge in [-0.2, -0.15) is 0 Å². The van der Waals surface area contributed by atoms with Gasteiger partial charge in [0.05, 0.1) is 23.1 Å². The number of nitrogens with zero attached hydrogens (tertiary/aromatic N) is 4. The molecule has 0 saturated heterocycles. The number of hydrogen-bond donors (Lipinski definition) is 2. The van der Waals surface area contributed by atoms with E-state index < -0.39 is 0 Å². The Morgan fingerprint density at radius 3 is 2.71 bits per heavy atom. The summed E-state index contributed by atoms with van der Waals surface area (Å²) in [5.41, 5.74) is 4.71. The molecule has 3 N–H and O–H groups in total. The van der Waals surface area contributed by atoms with Gasteiger partial charge in [-0.05, 0) is 61.0 Å². The summed E-state index contributed by atoms with van der Waals surface area (Å²) in [6.45, 7) is 2.07. The first-order chi connectivity index (χ1) is 17.0. The molecular weight excluding hydrogens is 480 g/mol. The third kappa shape index (κ3) is 4.98. The largest absolute Gasteiger partial charge is 0.497 e. The van der Waals surface area contributed by atoms with Crippen LogP contribution in [0.2, 0.25) is 0 Å². The average Bonchev–Trinajstić information content (AvgIpc) is 3.46. The van der Waals surface area contributed by atoms with Gasteiger partial charge in [-0.3, -0.25) is 4.79 Å². The molecule has 0 bridgehead atoms. The number of carbonyl (C=O) groups is 1. The zero-order chi connectivity index (χ0) is 24.4. The van der Waals surface area contributed by atoms with Gasteiger partial charge in [0.1, 0.15) is 10.8 Å². The summed E-state index contributed by atoms with van der Waals surface area (Å²) in [6.07, 6.45) is 0. The van der Waals surface area contributed by atoms with E-state index in [1.54, 1.807) is 18.4 Å². The summed E-state index contributed by atoms with van der Waals surface area (Å²) in [6, 6.07) is 21.3. The lowest BCUT2D eigenvalue weighted by molar-refractivity contribution is -0.113. The SMILES string of the molecule is COc1cccc(-c2nnc(SCC(=O)Nc3ccc(-c4nc5ccc(C)cc5s4)cc3)n2N)c1. The van der Waals surface area contributed by atoms with Crippen molar-refractivity contribution in [2.75, 3.05) is 24.0 Å². The van der Waals surface area contributed by atoms with Crippen molar-refractivity contribution in [2.24, 2.45) is 0 Å². The maximum Gasteiger partial charge on any atom is 0.234 e. The maximum absolute atomic E-state index is 12.5. The number of rotatable bonds is 7. The van der Waals surface area contributed by atoms with E-state index in [1.807, 2.05) is 54.6 Å². The van der Waals surface area contributed by atoms with Gasteiger partial charge in [0, 0.05) is 16.8 Å². The standard InChI is InChI=1S/C25H22N6O2S2/c1-15-6-11-20-21(12-15)35-24(28-20)16-7-9-18(10-8-16)27-22(32)14-34-25-30-29-23(31(25)26)17-4-3-5-19(13-17)33-2/h3-13H,14,26H2,1-2H3,(H,27,32). The van der Waals surface area contributed by atoms with Gasteiger partial charge in [-0.15, -0.1) is 21.5 Å². The van der Waals surface area contributed by atoms with Crippen LogP contribution in [0.5, 0.6) is 5.75 Å². The lowest BCUT2D eigenvalue weighted by Gasteiger charge is -2.07.